The third-order valence-corrected chi connectivity index (χ3v) is 6.47. The van der Waals surface area contributed by atoms with Crippen molar-refractivity contribution >= 4 is 15.8 Å². The Hall–Kier alpha value is -2.26. The number of rotatable bonds is 5. The molecular formula is C16H21N3O5S. The fourth-order valence-corrected chi connectivity index (χ4v) is 5.10. The number of benzene rings is 1. The molecule has 2 aromatic rings. The number of nitrogen functional groups attached to an aromatic ring is 1. The van der Waals surface area contributed by atoms with Crippen molar-refractivity contribution in [3.05, 3.63) is 29.5 Å². The van der Waals surface area contributed by atoms with Crippen molar-refractivity contribution in [1.29, 1.82) is 0 Å². The minimum Gasteiger partial charge on any atom is -0.497 e. The molecule has 1 aromatic heterocycles. The summed E-state index contributed by atoms with van der Waals surface area (Å²) < 4.78 is 43.3. The van der Waals surface area contributed by atoms with Gasteiger partial charge < -0.3 is 19.7 Å². The number of methoxy groups -OCH3 is 2. The van der Waals surface area contributed by atoms with Crippen molar-refractivity contribution in [2.45, 2.75) is 30.7 Å². The molecule has 1 aliphatic heterocycles. The van der Waals surface area contributed by atoms with Crippen LogP contribution in [0.3, 0.4) is 0 Å². The van der Waals surface area contributed by atoms with Gasteiger partial charge in [0.1, 0.15) is 11.5 Å². The Morgan fingerprint density at radius 1 is 1.32 bits per heavy atom. The molecule has 0 aliphatic carbocycles. The van der Waals surface area contributed by atoms with E-state index in [-0.39, 0.29) is 22.5 Å². The van der Waals surface area contributed by atoms with Crippen molar-refractivity contribution in [2.24, 2.45) is 0 Å². The highest BCUT2D eigenvalue weighted by atomic mass is 32.2. The van der Waals surface area contributed by atoms with Crippen LogP contribution in [-0.4, -0.2) is 38.6 Å². The summed E-state index contributed by atoms with van der Waals surface area (Å²) in [5.74, 6) is 1.29. The highest BCUT2D eigenvalue weighted by molar-refractivity contribution is 7.89. The molecular weight excluding hydrogens is 346 g/mol. The maximum atomic E-state index is 13.1. The van der Waals surface area contributed by atoms with E-state index in [4.69, 9.17) is 19.7 Å². The Morgan fingerprint density at radius 3 is 2.68 bits per heavy atom. The number of aromatic nitrogens is 1. The predicted octanol–water partition coefficient (Wildman–Crippen LogP) is 2.11. The first-order valence-electron chi connectivity index (χ1n) is 7.85. The Kier molecular flexibility index (Phi) is 4.61. The van der Waals surface area contributed by atoms with Gasteiger partial charge in [-0.3, -0.25) is 0 Å². The van der Waals surface area contributed by atoms with E-state index < -0.39 is 10.0 Å². The molecule has 1 aromatic carbocycles. The lowest BCUT2D eigenvalue weighted by molar-refractivity contribution is 0.360. The second-order valence-electron chi connectivity index (χ2n) is 5.83. The molecule has 0 saturated carbocycles. The number of nitrogens with zero attached hydrogens (tertiary/aromatic N) is 2. The van der Waals surface area contributed by atoms with Crippen LogP contribution in [0, 0.1) is 6.92 Å². The Labute approximate surface area is 146 Å². The van der Waals surface area contributed by atoms with Gasteiger partial charge >= 0.3 is 0 Å². The van der Waals surface area contributed by atoms with Gasteiger partial charge in [0.15, 0.2) is 16.5 Å². The van der Waals surface area contributed by atoms with Gasteiger partial charge in [-0.15, -0.1) is 0 Å². The molecule has 2 N–H and O–H groups in total. The molecule has 3 rings (SSSR count). The van der Waals surface area contributed by atoms with Gasteiger partial charge in [-0.25, -0.2) is 8.42 Å². The molecule has 0 amide bonds. The zero-order valence-corrected chi connectivity index (χ0v) is 15.2. The van der Waals surface area contributed by atoms with E-state index in [1.54, 1.807) is 26.4 Å². The molecule has 0 spiro atoms. The summed E-state index contributed by atoms with van der Waals surface area (Å²) in [5, 5.41) is 3.56. The molecule has 1 aliphatic rings. The first-order valence-corrected chi connectivity index (χ1v) is 9.29. The van der Waals surface area contributed by atoms with Crippen molar-refractivity contribution in [1.82, 2.24) is 9.46 Å². The second kappa shape index (κ2) is 6.57. The molecule has 8 nitrogen and oxygen atoms in total. The quantitative estimate of drug-likeness (QED) is 0.862. The third-order valence-electron chi connectivity index (χ3n) is 4.40. The largest absolute Gasteiger partial charge is 0.497 e. The van der Waals surface area contributed by atoms with E-state index in [9.17, 15) is 8.42 Å². The average molecular weight is 367 g/mol. The zero-order valence-electron chi connectivity index (χ0n) is 14.4. The van der Waals surface area contributed by atoms with Crippen molar-refractivity contribution < 1.29 is 22.4 Å². The van der Waals surface area contributed by atoms with Crippen molar-refractivity contribution in [2.75, 3.05) is 26.5 Å². The van der Waals surface area contributed by atoms with E-state index in [2.05, 4.69) is 5.16 Å². The van der Waals surface area contributed by atoms with Gasteiger partial charge in [0.05, 0.1) is 20.3 Å². The summed E-state index contributed by atoms with van der Waals surface area (Å²) >= 11 is 0. The van der Waals surface area contributed by atoms with Crippen LogP contribution in [0.1, 0.15) is 30.2 Å². The van der Waals surface area contributed by atoms with Gasteiger partial charge in [-0.2, -0.15) is 4.31 Å². The van der Waals surface area contributed by atoms with Crippen LogP contribution in [0.15, 0.2) is 27.6 Å². The van der Waals surface area contributed by atoms with Gasteiger partial charge in [-0.05, 0) is 25.8 Å². The van der Waals surface area contributed by atoms with E-state index in [1.807, 2.05) is 6.07 Å². The topological polar surface area (TPSA) is 108 Å². The molecule has 0 radical (unpaired) electrons. The lowest BCUT2D eigenvalue weighted by Crippen LogP contribution is -2.31. The summed E-state index contributed by atoms with van der Waals surface area (Å²) in [6.45, 7) is 1.93. The van der Waals surface area contributed by atoms with Crippen molar-refractivity contribution in [3.63, 3.8) is 0 Å². The summed E-state index contributed by atoms with van der Waals surface area (Å²) in [6, 6.07) is 5.02. The van der Waals surface area contributed by atoms with Crippen LogP contribution in [0.25, 0.3) is 0 Å². The summed E-state index contributed by atoms with van der Waals surface area (Å²) in [7, 11) is -0.712. The predicted molar refractivity (Wildman–Crippen MR) is 91.1 cm³/mol. The SMILES string of the molecule is COc1ccc([C@H]2CCCN2S(=O)(=O)c2c(N)noc2C)c(OC)c1. The molecule has 2 heterocycles. The molecule has 1 fully saturated rings. The van der Waals surface area contributed by atoms with Crippen LogP contribution < -0.4 is 15.2 Å². The molecule has 0 unspecified atom stereocenters. The summed E-state index contributed by atoms with van der Waals surface area (Å²) in [5.41, 5.74) is 6.51. The lowest BCUT2D eigenvalue weighted by Gasteiger charge is -2.25. The highest BCUT2D eigenvalue weighted by Gasteiger charge is 2.40. The number of ether oxygens (including phenoxy) is 2. The maximum absolute atomic E-state index is 13.1. The summed E-state index contributed by atoms with van der Waals surface area (Å²) in [4.78, 5) is -0.0631. The highest BCUT2D eigenvalue weighted by Crippen LogP contribution is 2.42. The molecule has 0 bridgehead atoms. The fourth-order valence-electron chi connectivity index (χ4n) is 3.24. The minimum absolute atomic E-state index is 0.0631. The normalized spacial score (nSPS) is 18.4. The minimum atomic E-state index is -3.83. The van der Waals surface area contributed by atoms with E-state index in [1.165, 1.54) is 11.2 Å². The summed E-state index contributed by atoms with van der Waals surface area (Å²) in [6.07, 6.45) is 1.43. The Balaban J connectivity index is 2.04. The number of sulfonamides is 1. The molecule has 1 atom stereocenters. The zero-order chi connectivity index (χ0) is 18.2. The van der Waals surface area contributed by atoms with Crippen LogP contribution >= 0.6 is 0 Å². The lowest BCUT2D eigenvalue weighted by atomic mass is 10.0. The van der Waals surface area contributed by atoms with Crippen LogP contribution in [0.5, 0.6) is 11.5 Å². The number of nitrogens with two attached hydrogens (primary N) is 1. The average Bonchev–Trinajstić information content (AvgIpc) is 3.21. The van der Waals surface area contributed by atoms with E-state index >= 15 is 0 Å². The van der Waals surface area contributed by atoms with E-state index in [0.717, 1.165) is 12.0 Å². The molecule has 136 valence electrons. The van der Waals surface area contributed by atoms with Crippen LogP contribution in [0.2, 0.25) is 0 Å². The third kappa shape index (κ3) is 2.93. The van der Waals surface area contributed by atoms with Crippen LogP contribution in [0.4, 0.5) is 5.82 Å². The van der Waals surface area contributed by atoms with Gasteiger partial charge in [0.25, 0.3) is 10.0 Å². The standard InChI is InChI=1S/C16H21N3O5S/c1-10-15(16(17)18-24-10)25(20,21)19-8-4-5-13(19)12-7-6-11(22-2)9-14(12)23-3/h6-7,9,13H,4-5,8H2,1-3H3,(H2,17,18)/t13-/m1/s1. The fraction of sp³-hybridized carbons (Fsp3) is 0.438. The molecule has 9 heteroatoms. The van der Waals surface area contributed by atoms with Gasteiger partial charge in [0.2, 0.25) is 0 Å². The van der Waals surface area contributed by atoms with Crippen LogP contribution in [-0.2, 0) is 10.0 Å². The number of hydrogen-bond acceptors (Lipinski definition) is 7. The first-order chi connectivity index (χ1) is 11.9. The second-order valence-corrected chi connectivity index (χ2v) is 7.66. The van der Waals surface area contributed by atoms with Crippen molar-refractivity contribution in [3.8, 4) is 11.5 Å². The van der Waals surface area contributed by atoms with Gasteiger partial charge in [-0.1, -0.05) is 11.2 Å². The Bertz CT molecular complexity index is 858. The first kappa shape index (κ1) is 17.6. The maximum Gasteiger partial charge on any atom is 0.250 e. The smallest absolute Gasteiger partial charge is 0.250 e. The molecule has 25 heavy (non-hydrogen) atoms. The number of anilines is 1. The van der Waals surface area contributed by atoms with E-state index in [0.29, 0.717) is 24.5 Å². The number of aryl methyl sites for hydroxylation is 1. The van der Waals surface area contributed by atoms with Gasteiger partial charge in [0, 0.05) is 18.2 Å². The number of hydrogen-bond donors (Lipinski definition) is 1. The monoisotopic (exact) mass is 367 g/mol. The Morgan fingerprint density at radius 2 is 2.08 bits per heavy atom. The molecule has 1 saturated heterocycles.